The van der Waals surface area contributed by atoms with Crippen molar-refractivity contribution in [3.63, 3.8) is 0 Å². The minimum absolute atomic E-state index is 0.0498. The maximum atomic E-state index is 14.1. The SMILES string of the molecule is O=C(C1CC(=O)N(c2cccc(Br)c2)C1)N1CCC(F)(C(=O)O)C1. The molecular formula is C16H16BrFN2O4. The second kappa shape index (κ2) is 6.16. The molecule has 0 aliphatic carbocycles. The molecule has 1 aromatic rings. The van der Waals surface area contributed by atoms with Gasteiger partial charge in [0.15, 0.2) is 0 Å². The second-order valence-electron chi connectivity index (χ2n) is 6.17. The van der Waals surface area contributed by atoms with Gasteiger partial charge in [-0.2, -0.15) is 0 Å². The second-order valence-corrected chi connectivity index (χ2v) is 7.08. The lowest BCUT2D eigenvalue weighted by molar-refractivity contribution is -0.150. The number of alkyl halides is 1. The molecule has 24 heavy (non-hydrogen) atoms. The fraction of sp³-hybridized carbons (Fsp3) is 0.438. The van der Waals surface area contributed by atoms with E-state index >= 15 is 0 Å². The average molecular weight is 399 g/mol. The van der Waals surface area contributed by atoms with E-state index in [-0.39, 0.29) is 37.7 Å². The molecule has 6 nitrogen and oxygen atoms in total. The van der Waals surface area contributed by atoms with E-state index in [4.69, 9.17) is 5.11 Å². The zero-order chi connectivity index (χ0) is 17.5. The molecule has 0 saturated carbocycles. The molecule has 2 fully saturated rings. The molecule has 0 aromatic heterocycles. The van der Waals surface area contributed by atoms with Crippen molar-refractivity contribution in [3.8, 4) is 0 Å². The largest absolute Gasteiger partial charge is 0.479 e. The molecule has 2 heterocycles. The summed E-state index contributed by atoms with van der Waals surface area (Å²) in [5.74, 6) is -2.65. The van der Waals surface area contributed by atoms with Gasteiger partial charge in [0, 0.05) is 36.1 Å². The molecule has 0 spiro atoms. The lowest BCUT2D eigenvalue weighted by Crippen LogP contribution is -2.41. The third-order valence-electron chi connectivity index (χ3n) is 4.51. The first-order chi connectivity index (χ1) is 11.3. The van der Waals surface area contributed by atoms with E-state index in [9.17, 15) is 18.8 Å². The van der Waals surface area contributed by atoms with E-state index in [1.165, 1.54) is 9.80 Å². The summed E-state index contributed by atoms with van der Waals surface area (Å²) in [6, 6.07) is 7.20. The lowest BCUT2D eigenvalue weighted by Gasteiger charge is -2.21. The third kappa shape index (κ3) is 3.02. The highest BCUT2D eigenvalue weighted by atomic mass is 79.9. The van der Waals surface area contributed by atoms with Crippen molar-refractivity contribution >= 4 is 39.4 Å². The summed E-state index contributed by atoms with van der Waals surface area (Å²) >= 11 is 3.34. The van der Waals surface area contributed by atoms with Gasteiger partial charge in [0.2, 0.25) is 17.5 Å². The highest BCUT2D eigenvalue weighted by Crippen LogP contribution is 2.31. The van der Waals surface area contributed by atoms with Crippen LogP contribution < -0.4 is 4.90 Å². The van der Waals surface area contributed by atoms with Crippen LogP contribution in [-0.4, -0.2) is 53.1 Å². The highest BCUT2D eigenvalue weighted by molar-refractivity contribution is 9.10. The first kappa shape index (κ1) is 16.9. The van der Waals surface area contributed by atoms with Crippen LogP contribution in [0, 0.1) is 5.92 Å². The zero-order valence-corrected chi connectivity index (χ0v) is 14.3. The van der Waals surface area contributed by atoms with E-state index in [1.807, 2.05) is 6.07 Å². The van der Waals surface area contributed by atoms with Crippen molar-refractivity contribution < 1.29 is 23.9 Å². The van der Waals surface area contributed by atoms with Crippen molar-refractivity contribution in [2.24, 2.45) is 5.92 Å². The monoisotopic (exact) mass is 398 g/mol. The Morgan fingerprint density at radius 1 is 1.38 bits per heavy atom. The molecule has 2 aliphatic heterocycles. The van der Waals surface area contributed by atoms with Crippen LogP contribution in [0.3, 0.4) is 0 Å². The third-order valence-corrected chi connectivity index (χ3v) is 5.00. The van der Waals surface area contributed by atoms with Crippen molar-refractivity contribution in [2.45, 2.75) is 18.5 Å². The minimum Gasteiger partial charge on any atom is -0.479 e. The Morgan fingerprint density at radius 3 is 2.75 bits per heavy atom. The molecule has 0 radical (unpaired) electrons. The summed E-state index contributed by atoms with van der Waals surface area (Å²) in [5.41, 5.74) is -1.70. The van der Waals surface area contributed by atoms with E-state index in [0.29, 0.717) is 5.69 Å². The summed E-state index contributed by atoms with van der Waals surface area (Å²) in [5, 5.41) is 8.92. The topological polar surface area (TPSA) is 77.9 Å². The first-order valence-electron chi connectivity index (χ1n) is 7.57. The van der Waals surface area contributed by atoms with Crippen LogP contribution in [0.25, 0.3) is 0 Å². The number of carbonyl (C=O) groups is 3. The number of hydrogen-bond donors (Lipinski definition) is 1. The van der Waals surface area contributed by atoms with Crippen LogP contribution in [0.15, 0.2) is 28.7 Å². The number of benzene rings is 1. The van der Waals surface area contributed by atoms with Crippen LogP contribution in [-0.2, 0) is 14.4 Å². The molecule has 2 amide bonds. The number of halogens is 2. The normalized spacial score (nSPS) is 26.9. The van der Waals surface area contributed by atoms with Gasteiger partial charge < -0.3 is 14.9 Å². The number of rotatable bonds is 3. The average Bonchev–Trinajstić information content (AvgIpc) is 3.11. The fourth-order valence-corrected chi connectivity index (χ4v) is 3.55. The number of carboxylic acids is 1. The van der Waals surface area contributed by atoms with Gasteiger partial charge in [-0.3, -0.25) is 9.59 Å². The first-order valence-corrected chi connectivity index (χ1v) is 8.36. The summed E-state index contributed by atoms with van der Waals surface area (Å²) in [6.07, 6.45) is -0.168. The van der Waals surface area contributed by atoms with Crippen LogP contribution in [0.2, 0.25) is 0 Å². The summed E-state index contributed by atoms with van der Waals surface area (Å²) < 4.78 is 14.9. The molecule has 8 heteroatoms. The van der Waals surface area contributed by atoms with Gasteiger partial charge in [0.05, 0.1) is 12.5 Å². The molecule has 3 rings (SSSR count). The van der Waals surface area contributed by atoms with Gasteiger partial charge in [-0.05, 0) is 18.2 Å². The Morgan fingerprint density at radius 2 is 2.12 bits per heavy atom. The summed E-state index contributed by atoms with van der Waals surface area (Å²) in [7, 11) is 0. The lowest BCUT2D eigenvalue weighted by atomic mass is 10.1. The van der Waals surface area contributed by atoms with E-state index < -0.39 is 24.1 Å². The van der Waals surface area contributed by atoms with Crippen molar-refractivity contribution in [3.05, 3.63) is 28.7 Å². The van der Waals surface area contributed by atoms with E-state index in [2.05, 4.69) is 15.9 Å². The molecule has 1 N–H and O–H groups in total. The Bertz CT molecular complexity index is 713. The molecular weight excluding hydrogens is 383 g/mol. The van der Waals surface area contributed by atoms with Gasteiger partial charge in [-0.1, -0.05) is 22.0 Å². The number of nitrogens with zero attached hydrogens (tertiary/aromatic N) is 2. The van der Waals surface area contributed by atoms with Gasteiger partial charge in [0.1, 0.15) is 0 Å². The van der Waals surface area contributed by atoms with Gasteiger partial charge in [-0.25, -0.2) is 9.18 Å². The molecule has 0 bridgehead atoms. The van der Waals surface area contributed by atoms with Crippen molar-refractivity contribution in [2.75, 3.05) is 24.5 Å². The Hall–Kier alpha value is -1.96. The predicted molar refractivity (Wildman–Crippen MR) is 87.3 cm³/mol. The predicted octanol–water partition coefficient (Wildman–Crippen LogP) is 1.83. The summed E-state index contributed by atoms with van der Waals surface area (Å²) in [6.45, 7) is -0.178. The van der Waals surface area contributed by atoms with E-state index in [1.54, 1.807) is 18.2 Å². The zero-order valence-electron chi connectivity index (χ0n) is 12.7. The minimum atomic E-state index is -2.39. The van der Waals surface area contributed by atoms with Crippen molar-refractivity contribution in [1.82, 2.24) is 4.90 Å². The van der Waals surface area contributed by atoms with Gasteiger partial charge >= 0.3 is 5.97 Å². The molecule has 1 aromatic carbocycles. The number of carbonyl (C=O) groups excluding carboxylic acids is 2. The Labute approximate surface area is 146 Å². The molecule has 128 valence electrons. The van der Waals surface area contributed by atoms with Crippen LogP contribution in [0.5, 0.6) is 0 Å². The number of carboxylic acid groups (broad SMARTS) is 1. The number of aliphatic carboxylic acids is 1. The van der Waals surface area contributed by atoms with Crippen LogP contribution >= 0.6 is 15.9 Å². The van der Waals surface area contributed by atoms with Crippen LogP contribution in [0.1, 0.15) is 12.8 Å². The molecule has 2 unspecified atom stereocenters. The maximum Gasteiger partial charge on any atom is 0.343 e. The van der Waals surface area contributed by atoms with Crippen molar-refractivity contribution in [1.29, 1.82) is 0 Å². The Kier molecular flexibility index (Phi) is 4.33. The number of likely N-dealkylation sites (tertiary alicyclic amines) is 1. The maximum absolute atomic E-state index is 14.1. The quantitative estimate of drug-likeness (QED) is 0.842. The highest BCUT2D eigenvalue weighted by Gasteiger charge is 2.49. The number of hydrogen-bond acceptors (Lipinski definition) is 3. The summed E-state index contributed by atoms with van der Waals surface area (Å²) in [4.78, 5) is 38.5. The van der Waals surface area contributed by atoms with Crippen LogP contribution in [0.4, 0.5) is 10.1 Å². The van der Waals surface area contributed by atoms with Gasteiger partial charge in [-0.15, -0.1) is 0 Å². The van der Waals surface area contributed by atoms with Gasteiger partial charge in [0.25, 0.3) is 0 Å². The molecule has 2 atom stereocenters. The number of anilines is 1. The molecule has 2 saturated heterocycles. The fourth-order valence-electron chi connectivity index (χ4n) is 3.16. The molecule has 2 aliphatic rings. The standard InChI is InChI=1S/C16H16BrFN2O4/c17-11-2-1-3-12(7-11)20-8-10(6-13(20)21)14(22)19-5-4-16(18,9-19)15(23)24/h1-3,7,10H,4-6,8-9H2,(H,23,24). The smallest absolute Gasteiger partial charge is 0.343 e. The number of amides is 2. The van der Waals surface area contributed by atoms with E-state index in [0.717, 1.165) is 4.47 Å². The Balaban J connectivity index is 1.70.